The Morgan fingerprint density at radius 3 is 2.11 bits per heavy atom. The molecule has 150 valence electrons. The molecule has 2 N–H and O–H groups in total. The second kappa shape index (κ2) is 10.8. The van der Waals surface area contributed by atoms with Crippen molar-refractivity contribution < 1.29 is 23.8 Å². The van der Waals surface area contributed by atoms with E-state index in [0.717, 1.165) is 12.8 Å². The van der Waals surface area contributed by atoms with Gasteiger partial charge in [-0.05, 0) is 55.8 Å². The number of hydrazine groups is 1. The predicted molar refractivity (Wildman–Crippen MR) is 106 cm³/mol. The fourth-order valence-corrected chi connectivity index (χ4v) is 2.38. The summed E-state index contributed by atoms with van der Waals surface area (Å²) in [5, 5.41) is 0. The standard InChI is InChI=1S/C21H26N2O5/c1-4-6-13-28-17-10-7-15(8-11-17)20(24)22-23-21(25)16-9-12-18(27-5-2)19(14-16)26-3/h7-12,14H,4-6,13H2,1-3H3,(H,22,24)(H,23,25). The van der Waals surface area contributed by atoms with Gasteiger partial charge in [0.1, 0.15) is 5.75 Å². The Morgan fingerprint density at radius 1 is 0.857 bits per heavy atom. The van der Waals surface area contributed by atoms with E-state index in [1.165, 1.54) is 7.11 Å². The van der Waals surface area contributed by atoms with E-state index in [0.29, 0.717) is 41.6 Å². The smallest absolute Gasteiger partial charge is 0.269 e. The molecule has 0 bridgehead atoms. The molecular formula is C21H26N2O5. The zero-order chi connectivity index (χ0) is 20.4. The van der Waals surface area contributed by atoms with Gasteiger partial charge in [-0.3, -0.25) is 20.4 Å². The number of hydrogen-bond donors (Lipinski definition) is 2. The first-order chi connectivity index (χ1) is 13.6. The molecular weight excluding hydrogens is 360 g/mol. The van der Waals surface area contributed by atoms with E-state index in [4.69, 9.17) is 14.2 Å². The molecule has 0 saturated carbocycles. The third kappa shape index (κ3) is 5.90. The van der Waals surface area contributed by atoms with Gasteiger partial charge in [-0.15, -0.1) is 0 Å². The molecule has 0 aromatic heterocycles. The van der Waals surface area contributed by atoms with Crippen molar-refractivity contribution in [2.24, 2.45) is 0 Å². The van der Waals surface area contributed by atoms with Crippen LogP contribution < -0.4 is 25.1 Å². The maximum absolute atomic E-state index is 12.3. The number of ether oxygens (including phenoxy) is 3. The van der Waals surface area contributed by atoms with Crippen LogP contribution in [0.2, 0.25) is 0 Å². The number of methoxy groups -OCH3 is 1. The number of hydrogen-bond acceptors (Lipinski definition) is 5. The summed E-state index contributed by atoms with van der Waals surface area (Å²) in [4.78, 5) is 24.5. The molecule has 0 aliphatic heterocycles. The van der Waals surface area contributed by atoms with E-state index < -0.39 is 11.8 Å². The molecule has 0 unspecified atom stereocenters. The molecule has 0 fully saturated rings. The lowest BCUT2D eigenvalue weighted by molar-refractivity contribution is 0.0846. The largest absolute Gasteiger partial charge is 0.494 e. The second-order valence-electron chi connectivity index (χ2n) is 5.93. The van der Waals surface area contributed by atoms with E-state index in [1.54, 1.807) is 42.5 Å². The van der Waals surface area contributed by atoms with Crippen LogP contribution in [0.3, 0.4) is 0 Å². The lowest BCUT2D eigenvalue weighted by Gasteiger charge is -2.12. The molecule has 0 aliphatic carbocycles. The van der Waals surface area contributed by atoms with Crippen LogP contribution in [0.4, 0.5) is 0 Å². The van der Waals surface area contributed by atoms with Gasteiger partial charge in [-0.2, -0.15) is 0 Å². The Morgan fingerprint density at radius 2 is 1.50 bits per heavy atom. The zero-order valence-corrected chi connectivity index (χ0v) is 16.4. The van der Waals surface area contributed by atoms with Crippen LogP contribution in [-0.2, 0) is 0 Å². The summed E-state index contributed by atoms with van der Waals surface area (Å²) in [7, 11) is 1.50. The van der Waals surface area contributed by atoms with Crippen molar-refractivity contribution in [1.82, 2.24) is 10.9 Å². The molecule has 0 aliphatic rings. The van der Waals surface area contributed by atoms with Crippen molar-refractivity contribution in [2.75, 3.05) is 20.3 Å². The third-order valence-corrected chi connectivity index (χ3v) is 3.90. The van der Waals surface area contributed by atoms with Crippen molar-refractivity contribution in [3.05, 3.63) is 53.6 Å². The Hall–Kier alpha value is -3.22. The van der Waals surface area contributed by atoms with Gasteiger partial charge in [0.25, 0.3) is 11.8 Å². The maximum atomic E-state index is 12.3. The summed E-state index contributed by atoms with van der Waals surface area (Å²) >= 11 is 0. The summed E-state index contributed by atoms with van der Waals surface area (Å²) in [6.45, 7) is 5.08. The Bertz CT molecular complexity index is 790. The lowest BCUT2D eigenvalue weighted by Crippen LogP contribution is -2.41. The normalized spacial score (nSPS) is 10.1. The average molecular weight is 386 g/mol. The quantitative estimate of drug-likeness (QED) is 0.510. The second-order valence-corrected chi connectivity index (χ2v) is 5.93. The van der Waals surface area contributed by atoms with Gasteiger partial charge >= 0.3 is 0 Å². The van der Waals surface area contributed by atoms with Crippen LogP contribution in [0.15, 0.2) is 42.5 Å². The van der Waals surface area contributed by atoms with Crippen molar-refractivity contribution in [1.29, 1.82) is 0 Å². The monoisotopic (exact) mass is 386 g/mol. The molecule has 28 heavy (non-hydrogen) atoms. The van der Waals surface area contributed by atoms with E-state index in [9.17, 15) is 9.59 Å². The number of nitrogens with one attached hydrogen (secondary N) is 2. The third-order valence-electron chi connectivity index (χ3n) is 3.90. The predicted octanol–water partition coefficient (Wildman–Crippen LogP) is 3.35. The van der Waals surface area contributed by atoms with E-state index in [1.807, 2.05) is 6.92 Å². The fourth-order valence-electron chi connectivity index (χ4n) is 2.38. The van der Waals surface area contributed by atoms with Gasteiger partial charge in [0.2, 0.25) is 0 Å². The Balaban J connectivity index is 1.92. The first-order valence-electron chi connectivity index (χ1n) is 9.23. The molecule has 7 heteroatoms. The molecule has 2 amide bonds. The summed E-state index contributed by atoms with van der Waals surface area (Å²) in [6.07, 6.45) is 2.03. The number of unbranched alkanes of at least 4 members (excludes halogenated alkanes) is 1. The molecule has 0 heterocycles. The van der Waals surface area contributed by atoms with Gasteiger partial charge in [0.15, 0.2) is 11.5 Å². The SMILES string of the molecule is CCCCOc1ccc(C(=O)NNC(=O)c2ccc(OCC)c(OC)c2)cc1. The topological polar surface area (TPSA) is 85.9 Å². The highest BCUT2D eigenvalue weighted by molar-refractivity contribution is 5.99. The highest BCUT2D eigenvalue weighted by Crippen LogP contribution is 2.27. The Labute approximate surface area is 165 Å². The molecule has 2 aromatic rings. The number of carbonyl (C=O) groups is 2. The summed E-state index contributed by atoms with van der Waals surface area (Å²) in [6, 6.07) is 11.5. The highest BCUT2D eigenvalue weighted by Gasteiger charge is 2.12. The number of benzene rings is 2. The molecule has 2 aromatic carbocycles. The Kier molecular flexibility index (Phi) is 8.14. The maximum Gasteiger partial charge on any atom is 0.269 e. The summed E-state index contributed by atoms with van der Waals surface area (Å²) < 4.78 is 16.2. The van der Waals surface area contributed by atoms with Gasteiger partial charge in [0.05, 0.1) is 20.3 Å². The minimum absolute atomic E-state index is 0.334. The highest BCUT2D eigenvalue weighted by atomic mass is 16.5. The molecule has 0 saturated heterocycles. The lowest BCUT2D eigenvalue weighted by atomic mass is 10.2. The molecule has 0 spiro atoms. The van der Waals surface area contributed by atoms with Crippen LogP contribution in [0.25, 0.3) is 0 Å². The van der Waals surface area contributed by atoms with Crippen LogP contribution in [0, 0.1) is 0 Å². The number of amides is 2. The number of rotatable bonds is 9. The first-order valence-corrected chi connectivity index (χ1v) is 9.23. The minimum Gasteiger partial charge on any atom is -0.494 e. The molecule has 7 nitrogen and oxygen atoms in total. The number of carbonyl (C=O) groups excluding carboxylic acids is 2. The zero-order valence-electron chi connectivity index (χ0n) is 16.4. The van der Waals surface area contributed by atoms with E-state index in [-0.39, 0.29) is 0 Å². The van der Waals surface area contributed by atoms with Gasteiger partial charge in [-0.1, -0.05) is 13.3 Å². The molecule has 0 atom stereocenters. The van der Waals surface area contributed by atoms with E-state index in [2.05, 4.69) is 17.8 Å². The summed E-state index contributed by atoms with van der Waals surface area (Å²) in [5.74, 6) is 0.808. The van der Waals surface area contributed by atoms with Gasteiger partial charge < -0.3 is 14.2 Å². The van der Waals surface area contributed by atoms with E-state index >= 15 is 0 Å². The van der Waals surface area contributed by atoms with Crippen LogP contribution >= 0.6 is 0 Å². The minimum atomic E-state index is -0.464. The van der Waals surface area contributed by atoms with Crippen molar-refractivity contribution in [3.8, 4) is 17.2 Å². The molecule has 0 radical (unpaired) electrons. The van der Waals surface area contributed by atoms with Gasteiger partial charge in [0, 0.05) is 11.1 Å². The van der Waals surface area contributed by atoms with Crippen molar-refractivity contribution >= 4 is 11.8 Å². The average Bonchev–Trinajstić information content (AvgIpc) is 2.73. The van der Waals surface area contributed by atoms with Gasteiger partial charge in [-0.25, -0.2) is 0 Å². The summed E-state index contributed by atoms with van der Waals surface area (Å²) in [5.41, 5.74) is 5.53. The van der Waals surface area contributed by atoms with Crippen LogP contribution in [0.1, 0.15) is 47.4 Å². The van der Waals surface area contributed by atoms with Crippen LogP contribution in [0.5, 0.6) is 17.2 Å². The van der Waals surface area contributed by atoms with Crippen molar-refractivity contribution in [2.45, 2.75) is 26.7 Å². The fraction of sp³-hybridized carbons (Fsp3) is 0.333. The molecule has 2 rings (SSSR count). The van der Waals surface area contributed by atoms with Crippen molar-refractivity contribution in [3.63, 3.8) is 0 Å². The first kappa shape index (κ1) is 21.1. The van der Waals surface area contributed by atoms with Crippen LogP contribution in [-0.4, -0.2) is 32.1 Å².